The SMILES string of the molecule is O=C(Nc1ccccc1C(=O)Nc1ccc(Br)cc1)c1ccc([N+](=O)[O-])cc1Cl. The number of rotatable bonds is 5. The number of halogens is 2. The lowest BCUT2D eigenvalue weighted by Crippen LogP contribution is -2.18. The van der Waals surface area contributed by atoms with Crippen LogP contribution in [-0.2, 0) is 0 Å². The molecule has 3 aromatic carbocycles. The van der Waals surface area contributed by atoms with Gasteiger partial charge in [0.2, 0.25) is 0 Å². The summed E-state index contributed by atoms with van der Waals surface area (Å²) < 4.78 is 0.878. The molecule has 0 aromatic heterocycles. The highest BCUT2D eigenvalue weighted by molar-refractivity contribution is 9.10. The predicted molar refractivity (Wildman–Crippen MR) is 115 cm³/mol. The van der Waals surface area contributed by atoms with Crippen molar-refractivity contribution in [2.75, 3.05) is 10.6 Å². The third-order valence-electron chi connectivity index (χ3n) is 3.93. The molecule has 0 fully saturated rings. The zero-order chi connectivity index (χ0) is 21.0. The number of anilines is 2. The van der Waals surface area contributed by atoms with Crippen LogP contribution in [0.3, 0.4) is 0 Å². The van der Waals surface area contributed by atoms with Gasteiger partial charge in [0.1, 0.15) is 0 Å². The number of benzene rings is 3. The van der Waals surface area contributed by atoms with E-state index in [1.807, 2.05) is 0 Å². The van der Waals surface area contributed by atoms with E-state index in [2.05, 4.69) is 26.6 Å². The third-order valence-corrected chi connectivity index (χ3v) is 4.77. The summed E-state index contributed by atoms with van der Waals surface area (Å²) in [6, 6.07) is 17.1. The van der Waals surface area contributed by atoms with Gasteiger partial charge >= 0.3 is 0 Å². The Morgan fingerprint density at radius 3 is 2.21 bits per heavy atom. The molecule has 3 rings (SSSR count). The number of carbonyl (C=O) groups is 2. The van der Waals surface area contributed by atoms with Gasteiger partial charge in [0, 0.05) is 22.3 Å². The first kappa shape index (κ1) is 20.5. The second-order valence-corrected chi connectivity index (χ2v) is 7.20. The molecular weight excluding hydrogens is 462 g/mol. The van der Waals surface area contributed by atoms with Crippen LogP contribution in [0.5, 0.6) is 0 Å². The van der Waals surface area contributed by atoms with E-state index in [1.54, 1.807) is 48.5 Å². The molecule has 0 spiro atoms. The third kappa shape index (κ3) is 4.98. The van der Waals surface area contributed by atoms with Crippen LogP contribution in [0.1, 0.15) is 20.7 Å². The predicted octanol–water partition coefficient (Wildman–Crippen LogP) is 5.52. The molecule has 2 amide bonds. The highest BCUT2D eigenvalue weighted by Gasteiger charge is 2.18. The van der Waals surface area contributed by atoms with Crippen molar-refractivity contribution in [3.8, 4) is 0 Å². The van der Waals surface area contributed by atoms with Gasteiger partial charge in [0.05, 0.1) is 26.8 Å². The molecule has 29 heavy (non-hydrogen) atoms. The fourth-order valence-corrected chi connectivity index (χ4v) is 3.04. The highest BCUT2D eigenvalue weighted by Crippen LogP contribution is 2.25. The summed E-state index contributed by atoms with van der Waals surface area (Å²) in [6.07, 6.45) is 0. The molecule has 0 bridgehead atoms. The number of hydrogen-bond acceptors (Lipinski definition) is 4. The van der Waals surface area contributed by atoms with Crippen molar-refractivity contribution in [2.24, 2.45) is 0 Å². The zero-order valence-corrected chi connectivity index (χ0v) is 17.0. The van der Waals surface area contributed by atoms with Crippen LogP contribution in [0.2, 0.25) is 5.02 Å². The summed E-state index contributed by atoms with van der Waals surface area (Å²) in [4.78, 5) is 35.4. The molecule has 0 saturated heterocycles. The first-order valence-corrected chi connectivity index (χ1v) is 9.43. The first-order chi connectivity index (χ1) is 13.8. The van der Waals surface area contributed by atoms with E-state index >= 15 is 0 Å². The second kappa shape index (κ2) is 8.85. The molecule has 0 aliphatic carbocycles. The Balaban J connectivity index is 1.81. The number of para-hydroxylation sites is 1. The summed E-state index contributed by atoms with van der Waals surface area (Å²) in [5.41, 5.74) is 0.960. The van der Waals surface area contributed by atoms with E-state index in [0.29, 0.717) is 5.69 Å². The molecule has 0 aliphatic heterocycles. The highest BCUT2D eigenvalue weighted by atomic mass is 79.9. The number of hydrogen-bond donors (Lipinski definition) is 2. The minimum absolute atomic E-state index is 0.0559. The van der Waals surface area contributed by atoms with Gasteiger partial charge in [-0.25, -0.2) is 0 Å². The summed E-state index contributed by atoms with van der Waals surface area (Å²) in [7, 11) is 0. The lowest BCUT2D eigenvalue weighted by atomic mass is 10.1. The van der Waals surface area contributed by atoms with Crippen molar-refractivity contribution in [1.29, 1.82) is 0 Å². The lowest BCUT2D eigenvalue weighted by molar-refractivity contribution is -0.384. The standard InChI is InChI=1S/C20H13BrClN3O4/c21-12-5-7-13(8-6-12)23-20(27)16-3-1-2-4-18(16)24-19(26)15-10-9-14(25(28)29)11-17(15)22/h1-11H,(H,23,27)(H,24,26). The van der Waals surface area contributed by atoms with Crippen molar-refractivity contribution in [2.45, 2.75) is 0 Å². The average Bonchev–Trinajstić information content (AvgIpc) is 2.69. The van der Waals surface area contributed by atoms with E-state index in [9.17, 15) is 19.7 Å². The Kier molecular flexibility index (Phi) is 6.26. The Bertz CT molecular complexity index is 1100. The number of nitrogens with one attached hydrogen (secondary N) is 2. The van der Waals surface area contributed by atoms with Crippen molar-refractivity contribution in [3.63, 3.8) is 0 Å². The summed E-state index contributed by atoms with van der Waals surface area (Å²) >= 11 is 9.34. The lowest BCUT2D eigenvalue weighted by Gasteiger charge is -2.12. The normalized spacial score (nSPS) is 10.3. The van der Waals surface area contributed by atoms with E-state index in [0.717, 1.165) is 10.5 Å². The van der Waals surface area contributed by atoms with Crippen molar-refractivity contribution < 1.29 is 14.5 Å². The molecular formula is C20H13BrClN3O4. The molecule has 0 aliphatic rings. The van der Waals surface area contributed by atoms with Crippen LogP contribution in [0.25, 0.3) is 0 Å². The molecule has 0 unspecified atom stereocenters. The Morgan fingerprint density at radius 2 is 1.55 bits per heavy atom. The van der Waals surface area contributed by atoms with Crippen LogP contribution >= 0.6 is 27.5 Å². The van der Waals surface area contributed by atoms with Gasteiger partial charge in [0.25, 0.3) is 17.5 Å². The van der Waals surface area contributed by atoms with E-state index in [4.69, 9.17) is 11.6 Å². The summed E-state index contributed by atoms with van der Waals surface area (Å²) in [5.74, 6) is -0.994. The van der Waals surface area contributed by atoms with E-state index in [-0.39, 0.29) is 27.5 Å². The van der Waals surface area contributed by atoms with Crippen LogP contribution in [0.15, 0.2) is 71.2 Å². The van der Waals surface area contributed by atoms with Crippen molar-refractivity contribution >= 4 is 56.4 Å². The molecule has 3 aromatic rings. The van der Waals surface area contributed by atoms with Crippen LogP contribution < -0.4 is 10.6 Å². The van der Waals surface area contributed by atoms with Gasteiger partial charge in [-0.05, 0) is 42.5 Å². The van der Waals surface area contributed by atoms with Gasteiger partial charge in [-0.3, -0.25) is 19.7 Å². The largest absolute Gasteiger partial charge is 0.322 e. The minimum Gasteiger partial charge on any atom is -0.322 e. The second-order valence-electron chi connectivity index (χ2n) is 5.88. The maximum atomic E-state index is 12.6. The molecule has 2 N–H and O–H groups in total. The monoisotopic (exact) mass is 473 g/mol. The number of nitro groups is 1. The number of carbonyl (C=O) groups excluding carboxylic acids is 2. The first-order valence-electron chi connectivity index (χ1n) is 8.26. The van der Waals surface area contributed by atoms with E-state index in [1.165, 1.54) is 12.1 Å². The maximum absolute atomic E-state index is 12.6. The quantitative estimate of drug-likeness (QED) is 0.376. The van der Waals surface area contributed by atoms with Gasteiger partial charge < -0.3 is 10.6 Å². The van der Waals surface area contributed by atoms with E-state index < -0.39 is 16.7 Å². The van der Waals surface area contributed by atoms with Crippen LogP contribution in [0, 0.1) is 10.1 Å². The molecule has 0 saturated carbocycles. The molecule has 0 radical (unpaired) electrons. The van der Waals surface area contributed by atoms with Gasteiger partial charge in [0.15, 0.2) is 0 Å². The zero-order valence-electron chi connectivity index (χ0n) is 14.7. The van der Waals surface area contributed by atoms with Crippen LogP contribution in [-0.4, -0.2) is 16.7 Å². The molecule has 0 atom stereocenters. The van der Waals surface area contributed by atoms with Gasteiger partial charge in [-0.1, -0.05) is 39.7 Å². The Labute approximate surface area is 179 Å². The van der Waals surface area contributed by atoms with Gasteiger partial charge in [-0.2, -0.15) is 0 Å². The molecule has 7 nitrogen and oxygen atoms in total. The fraction of sp³-hybridized carbons (Fsp3) is 0. The maximum Gasteiger partial charge on any atom is 0.270 e. The molecule has 9 heteroatoms. The number of nitro benzene ring substituents is 1. The minimum atomic E-state index is -0.602. The summed E-state index contributed by atoms with van der Waals surface area (Å²) in [5, 5.41) is 16.1. The van der Waals surface area contributed by atoms with Crippen LogP contribution in [0.4, 0.5) is 17.1 Å². The van der Waals surface area contributed by atoms with Crippen molar-refractivity contribution in [3.05, 3.63) is 97.5 Å². The number of amides is 2. The topological polar surface area (TPSA) is 101 Å². The average molecular weight is 475 g/mol. The molecule has 146 valence electrons. The number of nitrogens with zero attached hydrogens (tertiary/aromatic N) is 1. The summed E-state index contributed by atoms with van der Waals surface area (Å²) in [6.45, 7) is 0. The fourth-order valence-electron chi connectivity index (χ4n) is 2.51. The number of non-ortho nitro benzene ring substituents is 1. The Hall–Kier alpha value is -3.23. The smallest absolute Gasteiger partial charge is 0.270 e. The Morgan fingerprint density at radius 1 is 0.897 bits per heavy atom. The van der Waals surface area contributed by atoms with Crippen molar-refractivity contribution in [1.82, 2.24) is 0 Å². The van der Waals surface area contributed by atoms with Gasteiger partial charge in [-0.15, -0.1) is 0 Å². The molecule has 0 heterocycles.